The van der Waals surface area contributed by atoms with Gasteiger partial charge in [-0.05, 0) is 67.5 Å². The zero-order valence-corrected chi connectivity index (χ0v) is 21.0. The van der Waals surface area contributed by atoms with E-state index in [0.29, 0.717) is 30.8 Å². The molecule has 1 aliphatic carbocycles. The van der Waals surface area contributed by atoms with Gasteiger partial charge in [-0.3, -0.25) is 4.79 Å². The number of fused-ring (bicyclic) bond motifs is 1. The highest BCUT2D eigenvalue weighted by Crippen LogP contribution is 2.38. The topological polar surface area (TPSA) is 57.7 Å². The second-order valence-corrected chi connectivity index (χ2v) is 11.7. The Balaban J connectivity index is 1.42. The lowest BCUT2D eigenvalue weighted by molar-refractivity contribution is -0.125. The van der Waals surface area contributed by atoms with Crippen LogP contribution >= 0.6 is 0 Å². The smallest absolute Gasteiger partial charge is 0.243 e. The van der Waals surface area contributed by atoms with Gasteiger partial charge < -0.3 is 4.90 Å². The molecule has 0 unspecified atom stereocenters. The highest BCUT2D eigenvalue weighted by atomic mass is 32.2. The van der Waals surface area contributed by atoms with Crippen LogP contribution in [0.2, 0.25) is 0 Å². The zero-order valence-electron chi connectivity index (χ0n) is 20.1. The lowest BCUT2D eigenvalue weighted by Crippen LogP contribution is -2.42. The summed E-state index contributed by atoms with van der Waals surface area (Å²) in [6, 6.07) is 25.0. The second-order valence-electron chi connectivity index (χ2n) is 9.74. The van der Waals surface area contributed by atoms with Gasteiger partial charge in [-0.25, -0.2) is 8.42 Å². The molecule has 182 valence electrons. The van der Waals surface area contributed by atoms with Gasteiger partial charge in [0.2, 0.25) is 15.9 Å². The molecule has 1 heterocycles. The van der Waals surface area contributed by atoms with Crippen molar-refractivity contribution in [2.75, 3.05) is 11.4 Å². The van der Waals surface area contributed by atoms with Gasteiger partial charge in [-0.1, -0.05) is 67.1 Å². The molecule has 5 rings (SSSR count). The maximum Gasteiger partial charge on any atom is 0.243 e. The van der Waals surface area contributed by atoms with Crippen molar-refractivity contribution < 1.29 is 13.2 Å². The van der Waals surface area contributed by atoms with Gasteiger partial charge in [-0.15, -0.1) is 0 Å². The van der Waals surface area contributed by atoms with E-state index in [-0.39, 0.29) is 17.9 Å². The van der Waals surface area contributed by atoms with Gasteiger partial charge in [0.25, 0.3) is 0 Å². The van der Waals surface area contributed by atoms with Gasteiger partial charge in [0.05, 0.1) is 4.90 Å². The Morgan fingerprint density at radius 1 is 0.943 bits per heavy atom. The molecule has 1 aliphatic heterocycles. The molecule has 1 atom stereocenters. The Bertz CT molecular complexity index is 1290. The van der Waals surface area contributed by atoms with Crippen molar-refractivity contribution in [3.8, 4) is 0 Å². The number of hydrogen-bond donors (Lipinski definition) is 0. The van der Waals surface area contributed by atoms with Crippen LogP contribution in [-0.2, 0) is 34.2 Å². The van der Waals surface area contributed by atoms with Gasteiger partial charge in [0.15, 0.2) is 0 Å². The van der Waals surface area contributed by atoms with Crippen molar-refractivity contribution in [3.63, 3.8) is 0 Å². The fourth-order valence-corrected chi connectivity index (χ4v) is 6.55. The van der Waals surface area contributed by atoms with Crippen LogP contribution in [0.3, 0.4) is 0 Å². The number of carbonyl (C=O) groups excluding carboxylic acids is 1. The molecule has 0 radical (unpaired) electrons. The molecule has 1 amide bonds. The molecule has 1 saturated carbocycles. The van der Waals surface area contributed by atoms with Crippen LogP contribution in [0.5, 0.6) is 0 Å². The third kappa shape index (κ3) is 4.91. The maximum atomic E-state index is 13.9. The van der Waals surface area contributed by atoms with Crippen LogP contribution in [0.1, 0.15) is 42.9 Å². The highest BCUT2D eigenvalue weighted by molar-refractivity contribution is 7.89. The molecule has 3 aromatic rings. The average molecular weight is 489 g/mol. The predicted octanol–water partition coefficient (Wildman–Crippen LogP) is 5.20. The van der Waals surface area contributed by atoms with Gasteiger partial charge in [0, 0.05) is 30.7 Å². The second kappa shape index (κ2) is 9.96. The minimum Gasteiger partial charge on any atom is -0.309 e. The molecule has 0 bridgehead atoms. The van der Waals surface area contributed by atoms with Crippen LogP contribution in [0.15, 0.2) is 83.8 Å². The van der Waals surface area contributed by atoms with E-state index in [9.17, 15) is 13.2 Å². The summed E-state index contributed by atoms with van der Waals surface area (Å²) in [4.78, 5) is 15.2. The number of hydrogen-bond acceptors (Lipinski definition) is 3. The summed E-state index contributed by atoms with van der Waals surface area (Å²) in [7, 11) is -3.73. The lowest BCUT2D eigenvalue weighted by Gasteiger charge is -2.32. The van der Waals surface area contributed by atoms with Gasteiger partial charge in [-0.2, -0.15) is 4.31 Å². The van der Waals surface area contributed by atoms with E-state index in [1.54, 1.807) is 16.4 Å². The summed E-state index contributed by atoms with van der Waals surface area (Å²) in [5.74, 6) is 0.304. The summed E-state index contributed by atoms with van der Waals surface area (Å²) >= 11 is 0. The Kier molecular flexibility index (Phi) is 6.76. The van der Waals surface area contributed by atoms with Crippen LogP contribution in [0.25, 0.3) is 0 Å². The summed E-state index contributed by atoms with van der Waals surface area (Å²) in [5.41, 5.74) is 3.87. The number of amides is 1. The Labute approximate surface area is 208 Å². The van der Waals surface area contributed by atoms with E-state index in [2.05, 4.69) is 0 Å². The molecule has 0 N–H and O–H groups in total. The molecular formula is C29H32N2O3S. The average Bonchev–Trinajstić information content (AvgIpc) is 3.16. The molecule has 35 heavy (non-hydrogen) atoms. The van der Waals surface area contributed by atoms with Crippen LogP contribution in [0, 0.1) is 5.92 Å². The zero-order chi connectivity index (χ0) is 24.4. The number of rotatable bonds is 8. The number of nitrogens with zero attached hydrogens (tertiary/aromatic N) is 2. The quantitative estimate of drug-likeness (QED) is 0.438. The number of benzene rings is 3. The van der Waals surface area contributed by atoms with Gasteiger partial charge >= 0.3 is 0 Å². The first-order valence-corrected chi connectivity index (χ1v) is 13.9. The van der Waals surface area contributed by atoms with Crippen molar-refractivity contribution in [1.82, 2.24) is 4.31 Å². The maximum absolute atomic E-state index is 13.9. The van der Waals surface area contributed by atoms with E-state index in [1.807, 2.05) is 78.6 Å². The lowest BCUT2D eigenvalue weighted by atomic mass is 9.84. The monoisotopic (exact) mass is 488 g/mol. The number of anilines is 1. The summed E-state index contributed by atoms with van der Waals surface area (Å²) in [6.07, 6.45) is 4.35. The summed E-state index contributed by atoms with van der Waals surface area (Å²) in [6.45, 7) is 2.75. The van der Waals surface area contributed by atoms with Crippen molar-refractivity contribution in [1.29, 1.82) is 0 Å². The van der Waals surface area contributed by atoms with E-state index >= 15 is 0 Å². The van der Waals surface area contributed by atoms with E-state index in [4.69, 9.17) is 0 Å². The van der Waals surface area contributed by atoms with Crippen LogP contribution < -0.4 is 4.90 Å². The minimum absolute atomic E-state index is 0.0505. The first-order chi connectivity index (χ1) is 16.9. The Morgan fingerprint density at radius 2 is 1.60 bits per heavy atom. The molecule has 6 heteroatoms. The number of carbonyl (C=O) groups is 1. The fourth-order valence-electron chi connectivity index (χ4n) is 5.07. The summed E-state index contributed by atoms with van der Waals surface area (Å²) in [5, 5.41) is 0. The molecule has 1 fully saturated rings. The molecule has 5 nitrogen and oxygen atoms in total. The first kappa shape index (κ1) is 23.8. The molecule has 2 aliphatic rings. The summed E-state index contributed by atoms with van der Waals surface area (Å²) < 4.78 is 29.3. The highest BCUT2D eigenvalue weighted by Gasteiger charge is 2.38. The molecule has 0 spiro atoms. The number of sulfonamides is 1. The fraction of sp³-hybridized carbons (Fsp3) is 0.345. The molecule has 0 aromatic heterocycles. The molecular weight excluding hydrogens is 456 g/mol. The third-order valence-corrected chi connectivity index (χ3v) is 9.13. The van der Waals surface area contributed by atoms with Crippen molar-refractivity contribution in [2.24, 2.45) is 5.92 Å². The standard InChI is InChI=1S/C29H32N2O3S/c1-22-19-26-20-27(15-16-28(26)31(22)29(32)25-13-8-14-25)35(33,34)30(21-24-11-6-3-7-12-24)18-17-23-9-4-2-5-10-23/h2-7,9-12,15-16,20,22,25H,8,13-14,17-19,21H2,1H3/t22-/m1/s1. The van der Waals surface area contributed by atoms with E-state index < -0.39 is 10.0 Å². The van der Waals surface area contributed by atoms with Gasteiger partial charge in [0.1, 0.15) is 0 Å². The minimum atomic E-state index is -3.73. The first-order valence-electron chi connectivity index (χ1n) is 12.5. The Morgan fingerprint density at radius 3 is 2.23 bits per heavy atom. The largest absolute Gasteiger partial charge is 0.309 e. The van der Waals surface area contributed by atoms with Crippen LogP contribution in [0.4, 0.5) is 5.69 Å². The van der Waals surface area contributed by atoms with Crippen LogP contribution in [-0.4, -0.2) is 31.2 Å². The van der Waals surface area contributed by atoms with Crippen molar-refractivity contribution in [3.05, 3.63) is 95.6 Å². The Hall–Kier alpha value is -2.96. The van der Waals surface area contributed by atoms with E-state index in [0.717, 1.165) is 41.6 Å². The molecule has 0 saturated heterocycles. The van der Waals surface area contributed by atoms with Crippen molar-refractivity contribution in [2.45, 2.75) is 56.5 Å². The third-order valence-electron chi connectivity index (χ3n) is 7.29. The SMILES string of the molecule is C[C@@H]1Cc2cc(S(=O)(=O)N(CCc3ccccc3)Cc3ccccc3)ccc2N1C(=O)C1CCC1. The van der Waals surface area contributed by atoms with Crippen molar-refractivity contribution >= 4 is 21.6 Å². The normalized spacial score (nSPS) is 17.9. The predicted molar refractivity (Wildman–Crippen MR) is 139 cm³/mol. The molecule has 3 aromatic carbocycles. The van der Waals surface area contributed by atoms with E-state index in [1.165, 1.54) is 0 Å².